The van der Waals surface area contributed by atoms with Gasteiger partial charge in [-0.3, -0.25) is 14.2 Å². The van der Waals surface area contributed by atoms with Crippen molar-refractivity contribution in [3.05, 3.63) is 85.4 Å². The number of hydrogen-bond acceptors (Lipinski definition) is 7. The fraction of sp³-hybridized carbons (Fsp3) is 0.222. The molecule has 0 saturated carbocycles. The van der Waals surface area contributed by atoms with Gasteiger partial charge in [-0.25, -0.2) is 0 Å². The van der Waals surface area contributed by atoms with Crippen LogP contribution in [0.1, 0.15) is 38.4 Å². The first-order valence-electron chi connectivity index (χ1n) is 11.0. The van der Waals surface area contributed by atoms with E-state index in [1.54, 1.807) is 43.3 Å². The Morgan fingerprint density at radius 1 is 1.11 bits per heavy atom. The molecule has 2 aromatic heterocycles. The molecule has 4 rings (SSSR count). The smallest absolute Gasteiger partial charge is 0.271 e. The van der Waals surface area contributed by atoms with E-state index in [-0.39, 0.29) is 29.0 Å². The number of furan rings is 1. The van der Waals surface area contributed by atoms with Gasteiger partial charge in [0.05, 0.1) is 19.8 Å². The molecule has 0 atom stereocenters. The summed E-state index contributed by atoms with van der Waals surface area (Å²) in [7, 11) is 3.05. The Hall–Kier alpha value is -4.22. The van der Waals surface area contributed by atoms with Crippen molar-refractivity contribution in [3.63, 3.8) is 0 Å². The van der Waals surface area contributed by atoms with Crippen LogP contribution in [0.5, 0.6) is 17.4 Å². The molecule has 36 heavy (non-hydrogen) atoms. The summed E-state index contributed by atoms with van der Waals surface area (Å²) in [6.45, 7) is 3.19. The molecule has 0 saturated heterocycles. The molecule has 0 unspecified atom stereocenters. The van der Waals surface area contributed by atoms with E-state index in [9.17, 15) is 20.0 Å². The van der Waals surface area contributed by atoms with Crippen molar-refractivity contribution in [2.45, 2.75) is 26.8 Å². The third-order valence-corrected chi connectivity index (χ3v) is 6.44. The van der Waals surface area contributed by atoms with Crippen molar-refractivity contribution in [3.8, 4) is 23.4 Å². The molecule has 9 heteroatoms. The lowest BCUT2D eigenvalue weighted by molar-refractivity contribution is 0.101. The highest BCUT2D eigenvalue weighted by atomic mass is 35.5. The Morgan fingerprint density at radius 3 is 2.50 bits per heavy atom. The Kier molecular flexibility index (Phi) is 6.77. The van der Waals surface area contributed by atoms with E-state index in [0.717, 1.165) is 10.1 Å². The molecule has 2 aromatic carbocycles. The van der Waals surface area contributed by atoms with Crippen molar-refractivity contribution < 1.29 is 23.8 Å². The second-order valence-corrected chi connectivity index (χ2v) is 8.67. The van der Waals surface area contributed by atoms with Crippen LogP contribution in [0.2, 0.25) is 5.02 Å². The van der Waals surface area contributed by atoms with Gasteiger partial charge in [-0.2, -0.15) is 5.26 Å². The summed E-state index contributed by atoms with van der Waals surface area (Å²) in [6, 6.07) is 12.2. The number of benzene rings is 2. The second-order valence-electron chi connectivity index (χ2n) is 8.23. The van der Waals surface area contributed by atoms with Gasteiger partial charge in [-0.15, -0.1) is 0 Å². The van der Waals surface area contributed by atoms with Crippen LogP contribution in [-0.4, -0.2) is 29.7 Å². The maximum absolute atomic E-state index is 13.6. The van der Waals surface area contributed by atoms with Gasteiger partial charge in [0, 0.05) is 22.5 Å². The number of aromatic nitrogens is 1. The van der Waals surface area contributed by atoms with Crippen molar-refractivity contribution in [1.29, 1.82) is 5.26 Å². The minimum atomic E-state index is -0.683. The zero-order valence-electron chi connectivity index (χ0n) is 20.1. The largest absolute Gasteiger partial charge is 0.494 e. The molecule has 0 amide bonds. The average Bonchev–Trinajstić information content (AvgIpc) is 3.19. The number of rotatable bonds is 7. The third kappa shape index (κ3) is 4.18. The molecule has 0 spiro atoms. The predicted molar refractivity (Wildman–Crippen MR) is 134 cm³/mol. The van der Waals surface area contributed by atoms with Gasteiger partial charge in [-0.05, 0) is 61.7 Å². The summed E-state index contributed by atoms with van der Waals surface area (Å²) >= 11 is 6.09. The molecule has 184 valence electrons. The van der Waals surface area contributed by atoms with Crippen LogP contribution in [0.4, 0.5) is 0 Å². The van der Waals surface area contributed by atoms with Gasteiger partial charge in [0.1, 0.15) is 17.2 Å². The molecular weight excluding hydrogens is 484 g/mol. The monoisotopic (exact) mass is 506 g/mol. The standard InChI is InChI=1S/C27H23ClN2O6/c1-14-19(13-29)26(32)30(10-9-16-5-7-21(34-3)22(11-16)35-4)27(33)23(14)24(31)25-15(2)18-12-17(28)6-8-20(18)36-25/h5-8,11-12,33H,9-10H2,1-4H3. The molecule has 2 heterocycles. The number of carbonyl (C=O) groups excluding carboxylic acids is 1. The number of carbonyl (C=O) groups is 1. The number of aryl methyl sites for hydroxylation is 2. The van der Waals surface area contributed by atoms with E-state index in [1.807, 2.05) is 6.07 Å². The lowest BCUT2D eigenvalue weighted by Crippen LogP contribution is -2.27. The zero-order chi connectivity index (χ0) is 26.1. The van der Waals surface area contributed by atoms with E-state index in [1.165, 1.54) is 21.1 Å². The molecule has 0 aliphatic rings. The van der Waals surface area contributed by atoms with E-state index >= 15 is 0 Å². The quantitative estimate of drug-likeness (QED) is 0.353. The maximum atomic E-state index is 13.6. The van der Waals surface area contributed by atoms with Crippen LogP contribution < -0.4 is 15.0 Å². The number of halogens is 1. The normalized spacial score (nSPS) is 10.9. The van der Waals surface area contributed by atoms with Crippen molar-refractivity contribution in [1.82, 2.24) is 4.57 Å². The van der Waals surface area contributed by atoms with Crippen LogP contribution in [0.25, 0.3) is 11.0 Å². The van der Waals surface area contributed by atoms with E-state index in [4.69, 9.17) is 25.5 Å². The van der Waals surface area contributed by atoms with Gasteiger partial charge >= 0.3 is 0 Å². The van der Waals surface area contributed by atoms with Crippen LogP contribution >= 0.6 is 11.6 Å². The number of pyridine rings is 1. The Labute approximate surface area is 211 Å². The van der Waals surface area contributed by atoms with Crippen LogP contribution in [0, 0.1) is 25.2 Å². The van der Waals surface area contributed by atoms with Crippen LogP contribution in [0.3, 0.4) is 0 Å². The van der Waals surface area contributed by atoms with Gasteiger partial charge in [0.2, 0.25) is 11.7 Å². The summed E-state index contributed by atoms with van der Waals surface area (Å²) < 4.78 is 17.4. The van der Waals surface area contributed by atoms with E-state index in [2.05, 4.69) is 0 Å². The Balaban J connectivity index is 1.79. The number of nitriles is 1. The molecule has 0 aliphatic carbocycles. The number of nitrogens with zero attached hydrogens (tertiary/aromatic N) is 2. The van der Waals surface area contributed by atoms with Crippen LogP contribution in [-0.2, 0) is 13.0 Å². The third-order valence-electron chi connectivity index (χ3n) is 6.20. The molecule has 0 fully saturated rings. The highest BCUT2D eigenvalue weighted by Gasteiger charge is 2.28. The fourth-order valence-electron chi connectivity index (χ4n) is 4.23. The fourth-order valence-corrected chi connectivity index (χ4v) is 4.40. The summed E-state index contributed by atoms with van der Waals surface area (Å²) in [4.78, 5) is 26.6. The second kappa shape index (κ2) is 9.80. The van der Waals surface area contributed by atoms with Gasteiger partial charge in [0.25, 0.3) is 5.56 Å². The first-order chi connectivity index (χ1) is 17.2. The summed E-state index contributed by atoms with van der Waals surface area (Å²) in [6.07, 6.45) is 0.317. The Morgan fingerprint density at radius 2 is 1.83 bits per heavy atom. The van der Waals surface area contributed by atoms with Gasteiger partial charge in [0.15, 0.2) is 17.3 Å². The molecule has 1 N–H and O–H groups in total. The van der Waals surface area contributed by atoms with Gasteiger partial charge in [-0.1, -0.05) is 17.7 Å². The number of hydrogen-bond donors (Lipinski definition) is 1. The van der Waals surface area contributed by atoms with E-state index < -0.39 is 17.2 Å². The zero-order valence-corrected chi connectivity index (χ0v) is 20.9. The first kappa shape index (κ1) is 24.9. The highest BCUT2D eigenvalue weighted by molar-refractivity contribution is 6.31. The minimum absolute atomic E-state index is 0.000328. The average molecular weight is 507 g/mol. The molecule has 0 radical (unpaired) electrons. The summed E-state index contributed by atoms with van der Waals surface area (Å²) in [5.74, 6) is -0.0889. The molecule has 0 aliphatic heterocycles. The topological polar surface area (TPSA) is 115 Å². The summed E-state index contributed by atoms with van der Waals surface area (Å²) in [5, 5.41) is 21.9. The number of ether oxygens (including phenoxy) is 2. The SMILES string of the molecule is COc1ccc(CCn2c(O)c(C(=O)c3oc4ccc(Cl)cc4c3C)c(C)c(C#N)c2=O)cc1OC. The number of aromatic hydroxyl groups is 1. The molecule has 4 aromatic rings. The minimum Gasteiger partial charge on any atom is -0.494 e. The molecule has 0 bridgehead atoms. The lowest BCUT2D eigenvalue weighted by Gasteiger charge is -2.16. The van der Waals surface area contributed by atoms with Crippen molar-refractivity contribution in [2.24, 2.45) is 0 Å². The molecule has 8 nitrogen and oxygen atoms in total. The predicted octanol–water partition coefficient (Wildman–Crippen LogP) is 4.93. The number of ketones is 1. The van der Waals surface area contributed by atoms with Crippen LogP contribution in [0.15, 0.2) is 45.6 Å². The summed E-state index contributed by atoms with van der Waals surface area (Å²) in [5.41, 5.74) is 0.823. The van der Waals surface area contributed by atoms with Crippen molar-refractivity contribution >= 4 is 28.4 Å². The van der Waals surface area contributed by atoms with E-state index in [0.29, 0.717) is 39.5 Å². The lowest BCUT2D eigenvalue weighted by atomic mass is 9.98. The van der Waals surface area contributed by atoms with Crippen molar-refractivity contribution in [2.75, 3.05) is 14.2 Å². The number of fused-ring (bicyclic) bond motifs is 1. The number of methoxy groups -OCH3 is 2. The first-order valence-corrected chi connectivity index (χ1v) is 11.4. The maximum Gasteiger partial charge on any atom is 0.271 e. The van der Waals surface area contributed by atoms with Gasteiger partial charge < -0.3 is 19.0 Å². The highest BCUT2D eigenvalue weighted by Crippen LogP contribution is 2.33. The molecular formula is C27H23ClN2O6. The Bertz CT molecular complexity index is 1610.